The summed E-state index contributed by atoms with van der Waals surface area (Å²) in [6.07, 6.45) is 1.33. The fourth-order valence-corrected chi connectivity index (χ4v) is 3.24. The molecule has 152 valence electrons. The lowest BCUT2D eigenvalue weighted by Crippen LogP contribution is -2.42. The van der Waals surface area contributed by atoms with E-state index in [0.29, 0.717) is 5.96 Å². The molecule has 28 heavy (non-hydrogen) atoms. The summed E-state index contributed by atoms with van der Waals surface area (Å²) < 4.78 is 7.62. The Morgan fingerprint density at radius 3 is 3.07 bits per heavy atom. The average molecular weight is 387 g/mol. The Balaban J connectivity index is 1.56. The lowest BCUT2D eigenvalue weighted by molar-refractivity contribution is 0.114. The second kappa shape index (κ2) is 9.54. The van der Waals surface area contributed by atoms with Crippen LogP contribution in [0.25, 0.3) is 0 Å². The highest BCUT2D eigenvalue weighted by Crippen LogP contribution is 2.22. The summed E-state index contributed by atoms with van der Waals surface area (Å²) in [7, 11) is 0. The van der Waals surface area contributed by atoms with Crippen LogP contribution in [0.3, 0.4) is 0 Å². The molecular weight excluding hydrogens is 356 g/mol. The Hall–Kier alpha value is -2.61. The molecule has 1 aromatic heterocycles. The van der Waals surface area contributed by atoms with Gasteiger partial charge in [-0.15, -0.1) is 0 Å². The first-order valence-electron chi connectivity index (χ1n) is 9.89. The van der Waals surface area contributed by atoms with Crippen LogP contribution >= 0.6 is 0 Å². The SMILES string of the molecule is CCNC(=NCC(O)COc1cccc(C)c1)NC1CCCn2nc(C)nc21. The molecule has 2 atom stereocenters. The van der Waals surface area contributed by atoms with Crippen LogP contribution in [0.1, 0.15) is 43.0 Å². The van der Waals surface area contributed by atoms with E-state index < -0.39 is 6.10 Å². The number of ether oxygens (including phenoxy) is 1. The molecule has 0 bridgehead atoms. The average Bonchev–Trinajstić information content (AvgIpc) is 3.06. The van der Waals surface area contributed by atoms with Gasteiger partial charge in [0.15, 0.2) is 5.96 Å². The van der Waals surface area contributed by atoms with Gasteiger partial charge in [-0.25, -0.2) is 9.67 Å². The van der Waals surface area contributed by atoms with Crippen LogP contribution in [0.15, 0.2) is 29.3 Å². The molecule has 3 N–H and O–H groups in total. The van der Waals surface area contributed by atoms with Crippen molar-refractivity contribution in [3.63, 3.8) is 0 Å². The van der Waals surface area contributed by atoms with Crippen molar-refractivity contribution in [2.45, 2.75) is 52.3 Å². The molecule has 1 aromatic carbocycles. The molecule has 3 rings (SSSR count). The third kappa shape index (κ3) is 5.45. The lowest BCUT2D eigenvalue weighted by Gasteiger charge is -2.25. The molecule has 1 aliphatic rings. The number of nitrogens with zero attached hydrogens (tertiary/aromatic N) is 4. The Morgan fingerprint density at radius 1 is 1.43 bits per heavy atom. The fraction of sp³-hybridized carbons (Fsp3) is 0.550. The number of benzene rings is 1. The molecule has 2 aromatic rings. The minimum Gasteiger partial charge on any atom is -0.491 e. The number of guanidine groups is 1. The molecule has 0 fully saturated rings. The maximum atomic E-state index is 10.2. The number of hydrogen-bond acceptors (Lipinski definition) is 5. The smallest absolute Gasteiger partial charge is 0.191 e. The number of aliphatic hydroxyl groups excluding tert-OH is 1. The van der Waals surface area contributed by atoms with Crippen LogP contribution in [-0.4, -0.2) is 51.6 Å². The zero-order valence-corrected chi connectivity index (χ0v) is 16.9. The van der Waals surface area contributed by atoms with Gasteiger partial charge < -0.3 is 20.5 Å². The quantitative estimate of drug-likeness (QED) is 0.495. The van der Waals surface area contributed by atoms with E-state index in [2.05, 4.69) is 25.7 Å². The number of hydrogen-bond donors (Lipinski definition) is 3. The van der Waals surface area contributed by atoms with Gasteiger partial charge >= 0.3 is 0 Å². The first kappa shape index (κ1) is 20.1. The van der Waals surface area contributed by atoms with Crippen LogP contribution < -0.4 is 15.4 Å². The van der Waals surface area contributed by atoms with E-state index >= 15 is 0 Å². The van der Waals surface area contributed by atoms with E-state index in [9.17, 15) is 5.11 Å². The predicted octanol–water partition coefficient (Wildman–Crippen LogP) is 1.72. The van der Waals surface area contributed by atoms with Gasteiger partial charge in [-0.1, -0.05) is 12.1 Å². The monoisotopic (exact) mass is 386 g/mol. The van der Waals surface area contributed by atoms with E-state index in [1.165, 1.54) is 0 Å². The minimum atomic E-state index is -0.687. The van der Waals surface area contributed by atoms with Crippen molar-refractivity contribution in [2.75, 3.05) is 19.7 Å². The van der Waals surface area contributed by atoms with Gasteiger partial charge in [-0.05, 0) is 51.3 Å². The topological polar surface area (TPSA) is 96.6 Å². The maximum absolute atomic E-state index is 10.2. The van der Waals surface area contributed by atoms with Crippen molar-refractivity contribution in [2.24, 2.45) is 4.99 Å². The first-order valence-corrected chi connectivity index (χ1v) is 9.89. The second-order valence-electron chi connectivity index (χ2n) is 7.08. The summed E-state index contributed by atoms with van der Waals surface area (Å²) in [5.74, 6) is 3.15. The zero-order valence-electron chi connectivity index (χ0n) is 16.9. The molecule has 0 saturated heterocycles. The van der Waals surface area contributed by atoms with Gasteiger partial charge in [0.2, 0.25) is 0 Å². The molecule has 0 amide bonds. The van der Waals surface area contributed by atoms with Crippen LogP contribution in [0.5, 0.6) is 5.75 Å². The van der Waals surface area contributed by atoms with Crippen LogP contribution in [0, 0.1) is 13.8 Å². The Bertz CT molecular complexity index is 804. The number of rotatable bonds is 7. The highest BCUT2D eigenvalue weighted by molar-refractivity contribution is 5.80. The Labute approximate surface area is 166 Å². The van der Waals surface area contributed by atoms with E-state index in [4.69, 9.17) is 4.74 Å². The number of aryl methyl sites for hydroxylation is 3. The van der Waals surface area contributed by atoms with E-state index in [0.717, 1.165) is 48.9 Å². The van der Waals surface area contributed by atoms with E-state index in [1.807, 2.05) is 49.7 Å². The molecule has 0 spiro atoms. The van der Waals surface area contributed by atoms with Crippen LogP contribution in [0.2, 0.25) is 0 Å². The Kier molecular flexibility index (Phi) is 6.86. The molecule has 0 saturated carbocycles. The number of nitrogens with one attached hydrogen (secondary N) is 2. The Morgan fingerprint density at radius 2 is 2.29 bits per heavy atom. The summed E-state index contributed by atoms with van der Waals surface area (Å²) in [6, 6.07) is 7.84. The normalized spacial score (nSPS) is 17.7. The van der Waals surface area contributed by atoms with Crippen molar-refractivity contribution in [1.82, 2.24) is 25.4 Å². The summed E-state index contributed by atoms with van der Waals surface area (Å²) in [6.45, 7) is 8.02. The highest BCUT2D eigenvalue weighted by atomic mass is 16.5. The van der Waals surface area contributed by atoms with Gasteiger partial charge in [0.25, 0.3) is 0 Å². The van der Waals surface area contributed by atoms with Crippen LogP contribution in [0.4, 0.5) is 0 Å². The number of aromatic nitrogens is 3. The van der Waals surface area contributed by atoms with Crippen molar-refractivity contribution in [1.29, 1.82) is 0 Å². The summed E-state index contributed by atoms with van der Waals surface area (Å²) >= 11 is 0. The number of aliphatic imine (C=N–C) groups is 1. The highest BCUT2D eigenvalue weighted by Gasteiger charge is 2.24. The largest absolute Gasteiger partial charge is 0.491 e. The third-order valence-electron chi connectivity index (χ3n) is 4.53. The summed E-state index contributed by atoms with van der Waals surface area (Å²) in [5, 5.41) is 21.3. The minimum absolute atomic E-state index is 0.0634. The lowest BCUT2D eigenvalue weighted by atomic mass is 10.1. The molecule has 8 nitrogen and oxygen atoms in total. The molecule has 0 radical (unpaired) electrons. The molecule has 8 heteroatoms. The van der Waals surface area contributed by atoms with Crippen molar-refractivity contribution >= 4 is 5.96 Å². The van der Waals surface area contributed by atoms with Gasteiger partial charge in [-0.3, -0.25) is 4.99 Å². The van der Waals surface area contributed by atoms with Crippen molar-refractivity contribution in [3.05, 3.63) is 41.5 Å². The molecule has 0 aliphatic carbocycles. The molecular formula is C20H30N6O2. The van der Waals surface area contributed by atoms with Crippen molar-refractivity contribution in [3.8, 4) is 5.75 Å². The van der Waals surface area contributed by atoms with Gasteiger partial charge in [-0.2, -0.15) is 5.10 Å². The molecule has 2 unspecified atom stereocenters. The molecule has 1 aliphatic heterocycles. The fourth-order valence-electron chi connectivity index (χ4n) is 3.24. The van der Waals surface area contributed by atoms with Crippen LogP contribution in [-0.2, 0) is 6.54 Å². The van der Waals surface area contributed by atoms with Gasteiger partial charge in [0, 0.05) is 13.1 Å². The standard InChI is InChI=1S/C20H30N6O2/c1-4-21-20(24-18-9-6-10-26-19(18)23-15(3)25-26)22-12-16(27)13-28-17-8-5-7-14(2)11-17/h5,7-8,11,16,18,27H,4,6,9-10,12-13H2,1-3H3,(H2,21,22,24). The predicted molar refractivity (Wildman–Crippen MR) is 109 cm³/mol. The van der Waals surface area contributed by atoms with Gasteiger partial charge in [0.05, 0.1) is 12.6 Å². The number of fused-ring (bicyclic) bond motifs is 1. The third-order valence-corrected chi connectivity index (χ3v) is 4.53. The summed E-state index contributed by atoms with van der Waals surface area (Å²) in [4.78, 5) is 9.07. The molecule has 2 heterocycles. The van der Waals surface area contributed by atoms with Gasteiger partial charge in [0.1, 0.15) is 30.1 Å². The zero-order chi connectivity index (χ0) is 19.9. The summed E-state index contributed by atoms with van der Waals surface area (Å²) in [5.41, 5.74) is 1.12. The van der Waals surface area contributed by atoms with E-state index in [-0.39, 0.29) is 19.2 Å². The van der Waals surface area contributed by atoms with E-state index in [1.54, 1.807) is 0 Å². The van der Waals surface area contributed by atoms with Crippen molar-refractivity contribution < 1.29 is 9.84 Å². The second-order valence-corrected chi connectivity index (χ2v) is 7.08. The first-order chi connectivity index (χ1) is 13.5. The number of aliphatic hydroxyl groups is 1. The maximum Gasteiger partial charge on any atom is 0.191 e.